The van der Waals surface area contributed by atoms with Crippen LogP contribution in [-0.4, -0.2) is 17.9 Å². The summed E-state index contributed by atoms with van der Waals surface area (Å²) in [6.45, 7) is 3.84. The number of anilines is 1. The lowest BCUT2D eigenvalue weighted by Crippen LogP contribution is -2.13. The lowest BCUT2D eigenvalue weighted by molar-refractivity contribution is -0.384. The molecule has 0 unspecified atom stereocenters. The molecule has 3 aromatic rings. The number of amides is 1. The van der Waals surface area contributed by atoms with Crippen molar-refractivity contribution in [1.82, 2.24) is 0 Å². The minimum Gasteiger partial charge on any atom is -0.496 e. The molecule has 0 saturated carbocycles. The molecular formula is C19H18N2O5. The Hall–Kier alpha value is -3.35. The zero-order valence-electron chi connectivity index (χ0n) is 14.7. The fraction of sp³-hybridized carbons (Fsp3) is 0.211. The van der Waals surface area contributed by atoms with E-state index in [2.05, 4.69) is 5.32 Å². The Morgan fingerprint density at radius 1 is 1.27 bits per heavy atom. The van der Waals surface area contributed by atoms with Gasteiger partial charge in [-0.1, -0.05) is 13.0 Å². The van der Waals surface area contributed by atoms with Gasteiger partial charge in [0.05, 0.1) is 18.1 Å². The Kier molecular flexibility index (Phi) is 4.62. The molecule has 0 bridgehead atoms. The van der Waals surface area contributed by atoms with E-state index in [1.165, 1.54) is 19.2 Å². The molecule has 26 heavy (non-hydrogen) atoms. The summed E-state index contributed by atoms with van der Waals surface area (Å²) in [4.78, 5) is 23.3. The third-order valence-electron chi connectivity index (χ3n) is 4.26. The van der Waals surface area contributed by atoms with Crippen molar-refractivity contribution < 1.29 is 18.9 Å². The summed E-state index contributed by atoms with van der Waals surface area (Å²) in [5.74, 6) is -0.0647. The number of nitrogens with one attached hydrogen (secondary N) is 1. The molecule has 1 heterocycles. The molecule has 0 atom stereocenters. The van der Waals surface area contributed by atoms with E-state index in [0.29, 0.717) is 16.9 Å². The lowest BCUT2D eigenvalue weighted by atomic mass is 10.1. The molecule has 1 aromatic heterocycles. The van der Waals surface area contributed by atoms with Gasteiger partial charge in [-0.25, -0.2) is 0 Å². The van der Waals surface area contributed by atoms with E-state index in [9.17, 15) is 14.9 Å². The van der Waals surface area contributed by atoms with E-state index in [1.807, 2.05) is 25.1 Å². The van der Waals surface area contributed by atoms with E-state index in [1.54, 1.807) is 13.0 Å². The van der Waals surface area contributed by atoms with Gasteiger partial charge in [-0.05, 0) is 43.2 Å². The van der Waals surface area contributed by atoms with Crippen LogP contribution in [0.25, 0.3) is 11.0 Å². The highest BCUT2D eigenvalue weighted by Crippen LogP contribution is 2.31. The van der Waals surface area contributed by atoms with Crippen LogP contribution in [0, 0.1) is 17.0 Å². The largest absolute Gasteiger partial charge is 0.496 e. The predicted molar refractivity (Wildman–Crippen MR) is 97.9 cm³/mol. The van der Waals surface area contributed by atoms with Crippen LogP contribution < -0.4 is 10.1 Å². The number of aryl methyl sites for hydroxylation is 2. The fourth-order valence-electron chi connectivity index (χ4n) is 2.78. The number of rotatable bonds is 5. The Morgan fingerprint density at radius 2 is 2.04 bits per heavy atom. The molecule has 0 saturated heterocycles. The Balaban J connectivity index is 1.97. The monoisotopic (exact) mass is 354 g/mol. The Labute approximate surface area is 149 Å². The fourth-order valence-corrected chi connectivity index (χ4v) is 2.78. The summed E-state index contributed by atoms with van der Waals surface area (Å²) in [6, 6.07) is 9.99. The number of hydrogen-bond donors (Lipinski definition) is 1. The Bertz CT molecular complexity index is 1010. The first-order chi connectivity index (χ1) is 12.4. The van der Waals surface area contributed by atoms with Gasteiger partial charge in [-0.3, -0.25) is 14.9 Å². The normalized spacial score (nSPS) is 10.7. The van der Waals surface area contributed by atoms with Crippen LogP contribution in [0.2, 0.25) is 0 Å². The SMILES string of the molecule is CCc1ccc2oc(C(=O)Nc3ccc(OC)cc3[N+](=O)[O-])c(C)c2c1. The molecule has 0 spiro atoms. The van der Waals surface area contributed by atoms with Gasteiger partial charge in [0.2, 0.25) is 0 Å². The van der Waals surface area contributed by atoms with Crippen molar-refractivity contribution in [3.8, 4) is 5.75 Å². The van der Waals surface area contributed by atoms with Gasteiger partial charge in [0.1, 0.15) is 17.0 Å². The standard InChI is InChI=1S/C19H18N2O5/c1-4-12-5-8-17-14(9-12)11(2)18(26-17)19(22)20-15-7-6-13(25-3)10-16(15)21(23)24/h5-10H,4H2,1-3H3,(H,20,22). The summed E-state index contributed by atoms with van der Waals surface area (Å²) < 4.78 is 10.7. The van der Waals surface area contributed by atoms with E-state index in [4.69, 9.17) is 9.15 Å². The number of nitro groups is 1. The van der Waals surface area contributed by atoms with Gasteiger partial charge in [-0.2, -0.15) is 0 Å². The first kappa shape index (κ1) is 17.5. The number of benzene rings is 2. The maximum Gasteiger partial charge on any atom is 0.296 e. The number of furan rings is 1. The van der Waals surface area contributed by atoms with Crippen molar-refractivity contribution >= 4 is 28.3 Å². The van der Waals surface area contributed by atoms with Crippen molar-refractivity contribution in [3.63, 3.8) is 0 Å². The van der Waals surface area contributed by atoms with Crippen molar-refractivity contribution in [2.45, 2.75) is 20.3 Å². The second-order valence-corrected chi connectivity index (χ2v) is 5.83. The third-order valence-corrected chi connectivity index (χ3v) is 4.26. The zero-order chi connectivity index (χ0) is 18.8. The topological polar surface area (TPSA) is 94.6 Å². The zero-order valence-corrected chi connectivity index (χ0v) is 14.7. The van der Waals surface area contributed by atoms with Gasteiger partial charge in [-0.15, -0.1) is 0 Å². The van der Waals surface area contributed by atoms with Gasteiger partial charge < -0.3 is 14.5 Å². The van der Waals surface area contributed by atoms with Crippen molar-refractivity contribution in [2.24, 2.45) is 0 Å². The molecule has 2 aromatic carbocycles. The molecule has 1 N–H and O–H groups in total. The number of ether oxygens (including phenoxy) is 1. The maximum atomic E-state index is 12.6. The first-order valence-electron chi connectivity index (χ1n) is 8.10. The average molecular weight is 354 g/mol. The molecule has 0 aliphatic carbocycles. The van der Waals surface area contributed by atoms with Crippen molar-refractivity contribution in [1.29, 1.82) is 0 Å². The van der Waals surface area contributed by atoms with Gasteiger partial charge in [0.25, 0.3) is 11.6 Å². The van der Waals surface area contributed by atoms with Gasteiger partial charge in [0.15, 0.2) is 5.76 Å². The minimum absolute atomic E-state index is 0.0786. The molecule has 0 fully saturated rings. The third kappa shape index (κ3) is 3.11. The van der Waals surface area contributed by atoms with Gasteiger partial charge in [0, 0.05) is 10.9 Å². The van der Waals surface area contributed by atoms with E-state index >= 15 is 0 Å². The number of hydrogen-bond acceptors (Lipinski definition) is 5. The summed E-state index contributed by atoms with van der Waals surface area (Å²) in [6.07, 6.45) is 0.875. The van der Waals surface area contributed by atoms with E-state index in [-0.39, 0.29) is 17.1 Å². The van der Waals surface area contributed by atoms with Crippen LogP contribution in [0.1, 0.15) is 28.6 Å². The van der Waals surface area contributed by atoms with E-state index < -0.39 is 10.8 Å². The molecule has 7 nitrogen and oxygen atoms in total. The summed E-state index contributed by atoms with van der Waals surface area (Å²) in [7, 11) is 1.42. The van der Waals surface area contributed by atoms with Gasteiger partial charge >= 0.3 is 0 Å². The van der Waals surface area contributed by atoms with E-state index in [0.717, 1.165) is 17.4 Å². The molecular weight excluding hydrogens is 336 g/mol. The highest BCUT2D eigenvalue weighted by atomic mass is 16.6. The van der Waals surface area contributed by atoms with Crippen LogP contribution in [0.4, 0.5) is 11.4 Å². The minimum atomic E-state index is -0.572. The summed E-state index contributed by atoms with van der Waals surface area (Å²) >= 11 is 0. The second kappa shape index (κ2) is 6.87. The lowest BCUT2D eigenvalue weighted by Gasteiger charge is -2.06. The highest BCUT2D eigenvalue weighted by molar-refractivity contribution is 6.07. The summed E-state index contributed by atoms with van der Waals surface area (Å²) in [5, 5.41) is 14.7. The maximum absolute atomic E-state index is 12.6. The molecule has 0 aliphatic rings. The molecule has 0 aliphatic heterocycles. The molecule has 7 heteroatoms. The quantitative estimate of drug-likeness (QED) is 0.539. The molecule has 134 valence electrons. The summed E-state index contributed by atoms with van der Waals surface area (Å²) in [5.41, 5.74) is 2.27. The van der Waals surface area contributed by atoms with Crippen LogP contribution in [0.5, 0.6) is 5.75 Å². The van der Waals surface area contributed by atoms with Crippen molar-refractivity contribution in [2.75, 3.05) is 12.4 Å². The Morgan fingerprint density at radius 3 is 2.69 bits per heavy atom. The number of nitro benzene ring substituents is 1. The van der Waals surface area contributed by atoms with Crippen molar-refractivity contribution in [3.05, 3.63) is 63.4 Å². The van der Waals surface area contributed by atoms with Crippen LogP contribution >= 0.6 is 0 Å². The van der Waals surface area contributed by atoms with Crippen LogP contribution in [-0.2, 0) is 6.42 Å². The number of carbonyl (C=O) groups excluding carboxylic acids is 1. The first-order valence-corrected chi connectivity index (χ1v) is 8.10. The molecule has 0 radical (unpaired) electrons. The number of fused-ring (bicyclic) bond motifs is 1. The molecule has 3 rings (SSSR count). The number of methoxy groups -OCH3 is 1. The molecule has 1 amide bonds. The van der Waals surface area contributed by atoms with Crippen LogP contribution in [0.3, 0.4) is 0 Å². The average Bonchev–Trinajstić information content (AvgIpc) is 2.98. The predicted octanol–water partition coefficient (Wildman–Crippen LogP) is 4.47. The highest BCUT2D eigenvalue weighted by Gasteiger charge is 2.22. The smallest absolute Gasteiger partial charge is 0.296 e. The second-order valence-electron chi connectivity index (χ2n) is 5.83. The van der Waals surface area contributed by atoms with Crippen LogP contribution in [0.15, 0.2) is 40.8 Å². The number of carbonyl (C=O) groups is 1. The number of nitrogens with zero attached hydrogens (tertiary/aromatic N) is 1.